The highest BCUT2D eigenvalue weighted by Crippen LogP contribution is 2.15. The molecule has 0 aliphatic carbocycles. The number of aliphatic hydroxyl groups excluding tert-OH is 2. The molecule has 250 valence electrons. The maximum absolute atomic E-state index is 12.1. The van der Waals surface area contributed by atoms with Crippen molar-refractivity contribution in [3.8, 4) is 0 Å². The van der Waals surface area contributed by atoms with E-state index >= 15 is 0 Å². The number of carboxylic acid groups (broad SMARTS) is 1. The second-order valence-corrected chi connectivity index (χ2v) is 13.3. The van der Waals surface area contributed by atoms with Crippen molar-refractivity contribution in [1.29, 1.82) is 0 Å². The monoisotopic (exact) mass is 601 g/mol. The third kappa shape index (κ3) is 26.3. The van der Waals surface area contributed by atoms with E-state index in [1.807, 2.05) is 0 Å². The van der Waals surface area contributed by atoms with Gasteiger partial charge in [-0.1, -0.05) is 110 Å². The third-order valence-corrected chi connectivity index (χ3v) is 7.68. The summed E-state index contributed by atoms with van der Waals surface area (Å²) in [6.07, 6.45) is 19.9. The number of aliphatic hydroxyl groups is 2. The van der Waals surface area contributed by atoms with Crippen molar-refractivity contribution in [3.63, 3.8) is 0 Å². The van der Waals surface area contributed by atoms with Gasteiger partial charge in [0.05, 0.1) is 12.2 Å². The largest absolute Gasteiger partial charge is 0.480 e. The number of ether oxygens (including phenoxy) is 1. The molecule has 1 amide bonds. The predicted molar refractivity (Wildman–Crippen MR) is 173 cm³/mol. The summed E-state index contributed by atoms with van der Waals surface area (Å²) in [6.45, 7) is 11.4. The normalized spacial score (nSPS) is 14.1. The summed E-state index contributed by atoms with van der Waals surface area (Å²) < 4.78 is 5.21. The Balaban J connectivity index is 4.68. The van der Waals surface area contributed by atoms with Crippen LogP contribution in [0.3, 0.4) is 0 Å². The van der Waals surface area contributed by atoms with E-state index in [1.165, 1.54) is 70.6 Å². The molecule has 0 rings (SSSR count). The number of hydrogen-bond acceptors (Lipinski definition) is 6. The van der Waals surface area contributed by atoms with Crippen LogP contribution in [0.5, 0.6) is 0 Å². The third-order valence-electron chi connectivity index (χ3n) is 7.68. The van der Waals surface area contributed by atoms with Gasteiger partial charge >= 0.3 is 12.1 Å². The lowest BCUT2D eigenvalue weighted by atomic mass is 10.0. The summed E-state index contributed by atoms with van der Waals surface area (Å²) in [4.78, 5) is 25.9. The number of unbranched alkanes of at least 4 members (excludes halogenated alkanes) is 14. The molecular weight excluding hydrogens is 532 g/mol. The summed E-state index contributed by atoms with van der Waals surface area (Å²) in [5.41, 5.74) is -0.695. The molecule has 0 unspecified atom stereocenters. The molecule has 0 aromatic rings. The lowest BCUT2D eigenvalue weighted by Crippen LogP contribution is -2.43. The van der Waals surface area contributed by atoms with Gasteiger partial charge in [0.2, 0.25) is 0 Å². The zero-order valence-corrected chi connectivity index (χ0v) is 28.0. The maximum Gasteiger partial charge on any atom is 0.408 e. The minimum atomic E-state index is -1.08. The van der Waals surface area contributed by atoms with Gasteiger partial charge in [0.15, 0.2) is 0 Å². The molecule has 0 aromatic carbocycles. The summed E-state index contributed by atoms with van der Waals surface area (Å²) in [7, 11) is 0. The van der Waals surface area contributed by atoms with Crippen molar-refractivity contribution in [2.24, 2.45) is 0 Å². The van der Waals surface area contributed by atoms with Gasteiger partial charge in [-0.15, -0.1) is 0 Å². The SMILES string of the molecule is CCCCCCCCCC[C@@H](O)CN(CCCC[C@@H](NC(=O)OC(C)(C)C)C(=O)O)C[C@H](O)CCCCCCCCC. The fourth-order valence-corrected chi connectivity index (χ4v) is 5.28. The fourth-order valence-electron chi connectivity index (χ4n) is 5.28. The van der Waals surface area contributed by atoms with Gasteiger partial charge in [-0.3, -0.25) is 4.90 Å². The number of carboxylic acids is 1. The number of alkyl carbamates (subject to hydrolysis) is 1. The molecule has 0 fully saturated rings. The molecule has 3 atom stereocenters. The van der Waals surface area contributed by atoms with Crippen molar-refractivity contribution in [2.45, 2.75) is 187 Å². The van der Waals surface area contributed by atoms with Crippen LogP contribution in [0.4, 0.5) is 4.79 Å². The number of amides is 1. The molecule has 0 heterocycles. The van der Waals surface area contributed by atoms with Crippen LogP contribution >= 0.6 is 0 Å². The molecule has 0 saturated carbocycles. The van der Waals surface area contributed by atoms with Crippen LogP contribution in [0.2, 0.25) is 0 Å². The molecule has 8 heteroatoms. The Morgan fingerprint density at radius 3 is 1.48 bits per heavy atom. The van der Waals surface area contributed by atoms with Gasteiger partial charge < -0.3 is 25.4 Å². The van der Waals surface area contributed by atoms with E-state index in [2.05, 4.69) is 24.1 Å². The van der Waals surface area contributed by atoms with E-state index in [0.29, 0.717) is 38.9 Å². The number of hydrogen-bond donors (Lipinski definition) is 4. The van der Waals surface area contributed by atoms with E-state index in [-0.39, 0.29) is 0 Å². The van der Waals surface area contributed by atoms with Crippen LogP contribution in [0, 0.1) is 0 Å². The summed E-state index contributed by atoms with van der Waals surface area (Å²) in [6, 6.07) is -1.01. The molecular formula is C34H68N2O6. The molecule has 0 radical (unpaired) electrons. The highest BCUT2D eigenvalue weighted by Gasteiger charge is 2.24. The quantitative estimate of drug-likeness (QED) is 0.0676. The van der Waals surface area contributed by atoms with E-state index in [4.69, 9.17) is 4.74 Å². The van der Waals surface area contributed by atoms with Crippen molar-refractivity contribution in [3.05, 3.63) is 0 Å². The molecule has 0 aliphatic rings. The highest BCUT2D eigenvalue weighted by atomic mass is 16.6. The van der Waals surface area contributed by atoms with Crippen LogP contribution in [0.1, 0.15) is 163 Å². The number of nitrogens with zero attached hydrogens (tertiary/aromatic N) is 1. The van der Waals surface area contributed by atoms with Crippen LogP contribution in [-0.4, -0.2) is 75.8 Å². The van der Waals surface area contributed by atoms with Crippen LogP contribution in [-0.2, 0) is 9.53 Å². The molecule has 4 N–H and O–H groups in total. The summed E-state index contributed by atoms with van der Waals surface area (Å²) >= 11 is 0. The molecule has 0 spiro atoms. The standard InChI is InChI=1S/C34H68N2O6/c1-6-8-10-12-14-16-18-20-24-30(38)28-36(27-29(37)23-19-17-15-13-11-9-7-2)26-22-21-25-31(32(39)40)35-33(41)42-34(3,4)5/h29-31,37-38H,6-28H2,1-5H3,(H,35,41)(H,39,40)/t29-,30-,31-/m1/s1. The Bertz CT molecular complexity index is 654. The number of rotatable bonds is 28. The van der Waals surface area contributed by atoms with E-state index in [0.717, 1.165) is 38.5 Å². The Labute approximate surface area is 258 Å². The van der Waals surface area contributed by atoms with E-state index in [9.17, 15) is 24.9 Å². The van der Waals surface area contributed by atoms with Gasteiger partial charge in [0.1, 0.15) is 11.6 Å². The van der Waals surface area contributed by atoms with Gasteiger partial charge in [-0.2, -0.15) is 0 Å². The van der Waals surface area contributed by atoms with Gasteiger partial charge in [-0.25, -0.2) is 9.59 Å². The van der Waals surface area contributed by atoms with E-state index in [1.54, 1.807) is 20.8 Å². The molecule has 0 aromatic heterocycles. The van der Waals surface area contributed by atoms with Crippen LogP contribution in [0.15, 0.2) is 0 Å². The van der Waals surface area contributed by atoms with E-state index < -0.39 is 35.9 Å². The Morgan fingerprint density at radius 1 is 0.667 bits per heavy atom. The first-order valence-electron chi connectivity index (χ1n) is 17.3. The lowest BCUT2D eigenvalue weighted by Gasteiger charge is -2.28. The molecule has 0 saturated heterocycles. The Kier molecular flexibility index (Phi) is 25.2. The van der Waals surface area contributed by atoms with Crippen LogP contribution < -0.4 is 5.32 Å². The smallest absolute Gasteiger partial charge is 0.408 e. The first kappa shape index (κ1) is 40.6. The Hall–Kier alpha value is -1.38. The predicted octanol–water partition coefficient (Wildman–Crippen LogP) is 7.83. The van der Waals surface area contributed by atoms with Crippen molar-refractivity contribution in [1.82, 2.24) is 10.2 Å². The number of carbonyl (C=O) groups excluding carboxylic acids is 1. The summed E-state index contributed by atoms with van der Waals surface area (Å²) in [5.74, 6) is -1.08. The average Bonchev–Trinajstić information content (AvgIpc) is 2.90. The second-order valence-electron chi connectivity index (χ2n) is 13.3. The zero-order chi connectivity index (χ0) is 31.6. The van der Waals surface area contributed by atoms with Crippen molar-refractivity contribution < 1.29 is 29.6 Å². The first-order valence-corrected chi connectivity index (χ1v) is 17.3. The summed E-state index contributed by atoms with van der Waals surface area (Å²) in [5, 5.41) is 33.5. The highest BCUT2D eigenvalue weighted by molar-refractivity contribution is 5.79. The average molecular weight is 601 g/mol. The van der Waals surface area contributed by atoms with Crippen molar-refractivity contribution in [2.75, 3.05) is 19.6 Å². The first-order chi connectivity index (χ1) is 20.0. The molecule has 8 nitrogen and oxygen atoms in total. The zero-order valence-electron chi connectivity index (χ0n) is 28.0. The minimum absolute atomic E-state index is 0.295. The lowest BCUT2D eigenvalue weighted by molar-refractivity contribution is -0.139. The minimum Gasteiger partial charge on any atom is -0.480 e. The number of carbonyl (C=O) groups is 2. The fraction of sp³-hybridized carbons (Fsp3) is 0.941. The molecule has 0 bridgehead atoms. The van der Waals surface area contributed by atoms with Gasteiger partial charge in [0.25, 0.3) is 0 Å². The van der Waals surface area contributed by atoms with Crippen molar-refractivity contribution >= 4 is 12.1 Å². The molecule has 42 heavy (non-hydrogen) atoms. The Morgan fingerprint density at radius 2 is 1.07 bits per heavy atom. The number of nitrogens with one attached hydrogen (secondary N) is 1. The van der Waals surface area contributed by atoms with Gasteiger partial charge in [-0.05, 0) is 59.4 Å². The molecule has 0 aliphatic heterocycles. The second kappa shape index (κ2) is 26.1. The maximum atomic E-state index is 12.1. The number of aliphatic carboxylic acids is 1. The topological polar surface area (TPSA) is 119 Å². The van der Waals surface area contributed by atoms with Crippen LogP contribution in [0.25, 0.3) is 0 Å². The van der Waals surface area contributed by atoms with Gasteiger partial charge in [0, 0.05) is 13.1 Å².